The standard InChI is InChI=1S/C11H18S2/c1-3-4-10-5-6-11(13-10)9(2)7-8-12/h5-6,9,12H,3-4,7-8H2,1-2H3. The van der Waals surface area contributed by atoms with Crippen LogP contribution in [0.4, 0.5) is 0 Å². The van der Waals surface area contributed by atoms with Crippen LogP contribution in [0.15, 0.2) is 12.1 Å². The predicted octanol–water partition coefficient (Wildman–Crippen LogP) is 4.12. The predicted molar refractivity (Wildman–Crippen MR) is 65.2 cm³/mol. The van der Waals surface area contributed by atoms with Gasteiger partial charge in [-0.1, -0.05) is 20.3 Å². The van der Waals surface area contributed by atoms with Crippen molar-refractivity contribution in [3.63, 3.8) is 0 Å². The van der Waals surface area contributed by atoms with Crippen LogP contribution in [0.25, 0.3) is 0 Å². The van der Waals surface area contributed by atoms with Crippen molar-refractivity contribution < 1.29 is 0 Å². The Labute approximate surface area is 90.8 Å². The van der Waals surface area contributed by atoms with E-state index in [-0.39, 0.29) is 0 Å². The summed E-state index contributed by atoms with van der Waals surface area (Å²) in [5, 5.41) is 0. The lowest BCUT2D eigenvalue weighted by Crippen LogP contribution is -1.89. The lowest BCUT2D eigenvalue weighted by Gasteiger charge is -2.05. The van der Waals surface area contributed by atoms with Crippen molar-refractivity contribution in [1.82, 2.24) is 0 Å². The van der Waals surface area contributed by atoms with Gasteiger partial charge in [-0.15, -0.1) is 11.3 Å². The highest BCUT2D eigenvalue weighted by Gasteiger charge is 2.07. The lowest BCUT2D eigenvalue weighted by atomic mass is 10.1. The smallest absolute Gasteiger partial charge is 0.00766 e. The summed E-state index contributed by atoms with van der Waals surface area (Å²) in [6.07, 6.45) is 3.67. The van der Waals surface area contributed by atoms with E-state index >= 15 is 0 Å². The van der Waals surface area contributed by atoms with Crippen molar-refractivity contribution >= 4 is 24.0 Å². The monoisotopic (exact) mass is 214 g/mol. The van der Waals surface area contributed by atoms with Gasteiger partial charge in [0, 0.05) is 9.75 Å². The molecular formula is C11H18S2. The molecule has 0 spiro atoms. The Hall–Kier alpha value is 0.0500. The summed E-state index contributed by atoms with van der Waals surface area (Å²) in [6, 6.07) is 4.56. The molecule has 0 fully saturated rings. The summed E-state index contributed by atoms with van der Waals surface area (Å²) in [7, 11) is 0. The Morgan fingerprint density at radius 3 is 2.85 bits per heavy atom. The molecule has 0 aromatic carbocycles. The van der Waals surface area contributed by atoms with Gasteiger partial charge in [-0.05, 0) is 36.6 Å². The van der Waals surface area contributed by atoms with Gasteiger partial charge >= 0.3 is 0 Å². The minimum Gasteiger partial charge on any atom is -0.179 e. The number of hydrogen-bond acceptors (Lipinski definition) is 2. The number of rotatable bonds is 5. The Morgan fingerprint density at radius 1 is 1.46 bits per heavy atom. The molecule has 2 heteroatoms. The van der Waals surface area contributed by atoms with Gasteiger partial charge in [0.2, 0.25) is 0 Å². The average molecular weight is 214 g/mol. The minimum absolute atomic E-state index is 0.688. The van der Waals surface area contributed by atoms with Crippen molar-refractivity contribution in [3.8, 4) is 0 Å². The summed E-state index contributed by atoms with van der Waals surface area (Å²) < 4.78 is 0. The van der Waals surface area contributed by atoms with E-state index in [1.54, 1.807) is 0 Å². The topological polar surface area (TPSA) is 0 Å². The second-order valence-electron chi connectivity index (χ2n) is 3.47. The quantitative estimate of drug-likeness (QED) is 0.700. The maximum Gasteiger partial charge on any atom is 0.00766 e. The summed E-state index contributed by atoms with van der Waals surface area (Å²) >= 11 is 6.23. The van der Waals surface area contributed by atoms with Gasteiger partial charge < -0.3 is 0 Å². The van der Waals surface area contributed by atoms with E-state index in [4.69, 9.17) is 0 Å². The van der Waals surface area contributed by atoms with Crippen molar-refractivity contribution in [2.24, 2.45) is 0 Å². The molecule has 0 aliphatic heterocycles. The first-order valence-corrected chi connectivity index (χ1v) is 6.42. The first-order chi connectivity index (χ1) is 6.27. The molecule has 1 heterocycles. The third-order valence-corrected chi connectivity index (χ3v) is 3.86. The molecule has 1 atom stereocenters. The van der Waals surface area contributed by atoms with Crippen LogP contribution in [0.1, 0.15) is 42.4 Å². The van der Waals surface area contributed by atoms with E-state index in [1.165, 1.54) is 29.0 Å². The van der Waals surface area contributed by atoms with E-state index in [0.717, 1.165) is 5.75 Å². The van der Waals surface area contributed by atoms with Gasteiger partial charge in [0.1, 0.15) is 0 Å². The maximum atomic E-state index is 4.26. The molecule has 1 unspecified atom stereocenters. The number of thiophene rings is 1. The first-order valence-electron chi connectivity index (χ1n) is 4.97. The van der Waals surface area contributed by atoms with E-state index in [9.17, 15) is 0 Å². The minimum atomic E-state index is 0.688. The highest BCUT2D eigenvalue weighted by atomic mass is 32.1. The Bertz CT molecular complexity index is 240. The third-order valence-electron chi connectivity index (χ3n) is 2.23. The van der Waals surface area contributed by atoms with Crippen LogP contribution in [-0.2, 0) is 6.42 Å². The molecule has 0 aliphatic rings. The number of thiol groups is 1. The van der Waals surface area contributed by atoms with Crippen LogP contribution < -0.4 is 0 Å². The Kier molecular flexibility index (Phi) is 4.89. The van der Waals surface area contributed by atoms with Crippen molar-refractivity contribution in [1.29, 1.82) is 0 Å². The number of hydrogen-bond donors (Lipinski definition) is 1. The number of aryl methyl sites for hydroxylation is 1. The van der Waals surface area contributed by atoms with Crippen LogP contribution in [0.3, 0.4) is 0 Å². The van der Waals surface area contributed by atoms with E-state index in [1.807, 2.05) is 11.3 Å². The second kappa shape index (κ2) is 5.71. The highest BCUT2D eigenvalue weighted by molar-refractivity contribution is 7.80. The molecule has 0 N–H and O–H groups in total. The maximum absolute atomic E-state index is 4.26. The van der Waals surface area contributed by atoms with Gasteiger partial charge in [0.05, 0.1) is 0 Å². The summed E-state index contributed by atoms with van der Waals surface area (Å²) in [5.74, 6) is 1.68. The van der Waals surface area contributed by atoms with Crippen LogP contribution in [-0.4, -0.2) is 5.75 Å². The highest BCUT2D eigenvalue weighted by Crippen LogP contribution is 2.27. The molecule has 1 aromatic heterocycles. The van der Waals surface area contributed by atoms with Gasteiger partial charge in [-0.3, -0.25) is 0 Å². The molecule has 1 aromatic rings. The Balaban J connectivity index is 2.56. The zero-order valence-electron chi connectivity index (χ0n) is 8.42. The Morgan fingerprint density at radius 2 is 2.23 bits per heavy atom. The molecule has 13 heavy (non-hydrogen) atoms. The summed E-state index contributed by atoms with van der Waals surface area (Å²) in [6.45, 7) is 4.52. The molecule has 1 rings (SSSR count). The van der Waals surface area contributed by atoms with E-state index in [0.29, 0.717) is 5.92 Å². The van der Waals surface area contributed by atoms with Gasteiger partial charge in [-0.2, -0.15) is 12.6 Å². The molecule has 0 radical (unpaired) electrons. The lowest BCUT2D eigenvalue weighted by molar-refractivity contribution is 0.757. The van der Waals surface area contributed by atoms with Gasteiger partial charge in [0.15, 0.2) is 0 Å². The molecule has 0 saturated heterocycles. The fourth-order valence-electron chi connectivity index (χ4n) is 1.38. The molecule has 74 valence electrons. The molecule has 0 nitrogen and oxygen atoms in total. The first kappa shape index (κ1) is 11.1. The zero-order chi connectivity index (χ0) is 9.68. The molecule has 0 bridgehead atoms. The van der Waals surface area contributed by atoms with Gasteiger partial charge in [-0.25, -0.2) is 0 Å². The largest absolute Gasteiger partial charge is 0.179 e. The van der Waals surface area contributed by atoms with Gasteiger partial charge in [0.25, 0.3) is 0 Å². The van der Waals surface area contributed by atoms with E-state index in [2.05, 4.69) is 38.6 Å². The fraction of sp³-hybridized carbons (Fsp3) is 0.636. The van der Waals surface area contributed by atoms with Crippen LogP contribution in [0.5, 0.6) is 0 Å². The third kappa shape index (κ3) is 3.35. The van der Waals surface area contributed by atoms with Crippen LogP contribution >= 0.6 is 24.0 Å². The fourth-order valence-corrected chi connectivity index (χ4v) is 2.96. The van der Waals surface area contributed by atoms with Crippen molar-refractivity contribution in [3.05, 3.63) is 21.9 Å². The van der Waals surface area contributed by atoms with Crippen LogP contribution in [0, 0.1) is 0 Å². The average Bonchev–Trinajstić information content (AvgIpc) is 2.54. The molecule has 0 saturated carbocycles. The molecule has 0 aliphatic carbocycles. The summed E-state index contributed by atoms with van der Waals surface area (Å²) in [4.78, 5) is 3.06. The van der Waals surface area contributed by atoms with Crippen molar-refractivity contribution in [2.75, 3.05) is 5.75 Å². The van der Waals surface area contributed by atoms with Crippen LogP contribution in [0.2, 0.25) is 0 Å². The van der Waals surface area contributed by atoms with E-state index < -0.39 is 0 Å². The second-order valence-corrected chi connectivity index (χ2v) is 5.11. The zero-order valence-corrected chi connectivity index (χ0v) is 10.1. The molecular weight excluding hydrogens is 196 g/mol. The SMILES string of the molecule is CCCc1ccc(C(C)CCS)s1. The molecule has 0 amide bonds. The normalized spacial score (nSPS) is 13.2. The van der Waals surface area contributed by atoms with Crippen molar-refractivity contribution in [2.45, 2.75) is 39.0 Å². The summed E-state index contributed by atoms with van der Waals surface area (Å²) in [5.41, 5.74) is 0.